The van der Waals surface area contributed by atoms with Gasteiger partial charge in [-0.3, -0.25) is 0 Å². The Labute approximate surface area is 90.6 Å². The van der Waals surface area contributed by atoms with E-state index in [9.17, 15) is 0 Å². The fraction of sp³-hybridized carbons (Fsp3) is 0.444. The second-order valence-electron chi connectivity index (χ2n) is 3.50. The van der Waals surface area contributed by atoms with Gasteiger partial charge in [-0.1, -0.05) is 11.6 Å². The normalized spacial score (nSPS) is 19.6. The van der Waals surface area contributed by atoms with Gasteiger partial charge in [0.1, 0.15) is 5.15 Å². The van der Waals surface area contributed by atoms with Gasteiger partial charge < -0.3 is 5.73 Å². The summed E-state index contributed by atoms with van der Waals surface area (Å²) in [5, 5.41) is 0.533. The molecule has 13 heavy (non-hydrogen) atoms. The Morgan fingerprint density at radius 2 is 2.23 bits per heavy atom. The lowest BCUT2D eigenvalue weighted by Gasteiger charge is -2.38. The third-order valence-electron chi connectivity index (χ3n) is 2.59. The van der Waals surface area contributed by atoms with Crippen molar-refractivity contribution >= 4 is 27.5 Å². The molecule has 1 saturated carbocycles. The highest BCUT2D eigenvalue weighted by Crippen LogP contribution is 2.41. The van der Waals surface area contributed by atoms with E-state index in [1.165, 1.54) is 6.42 Å². The molecular weight excluding hydrogens is 251 g/mol. The molecule has 0 saturated heterocycles. The first kappa shape index (κ1) is 9.44. The van der Waals surface area contributed by atoms with Crippen molar-refractivity contribution < 1.29 is 0 Å². The number of nitrogens with zero attached hydrogens (tertiary/aromatic N) is 1. The van der Waals surface area contributed by atoms with E-state index in [0.717, 1.165) is 22.9 Å². The number of nitrogens with two attached hydrogens (primary N) is 1. The average molecular weight is 262 g/mol. The molecule has 2 N–H and O–H groups in total. The number of pyridine rings is 1. The van der Waals surface area contributed by atoms with Crippen molar-refractivity contribution in [2.45, 2.75) is 24.8 Å². The van der Waals surface area contributed by atoms with Crippen molar-refractivity contribution in [1.29, 1.82) is 0 Å². The Morgan fingerprint density at radius 1 is 1.54 bits per heavy atom. The lowest BCUT2D eigenvalue weighted by molar-refractivity contribution is 0.253. The topological polar surface area (TPSA) is 38.9 Å². The van der Waals surface area contributed by atoms with E-state index >= 15 is 0 Å². The van der Waals surface area contributed by atoms with Gasteiger partial charge in [0.2, 0.25) is 0 Å². The molecule has 0 aromatic carbocycles. The fourth-order valence-corrected chi connectivity index (χ4v) is 2.22. The highest BCUT2D eigenvalue weighted by molar-refractivity contribution is 9.10. The van der Waals surface area contributed by atoms with Crippen LogP contribution in [0.3, 0.4) is 0 Å². The molecule has 1 heterocycles. The maximum atomic E-state index is 6.15. The maximum Gasteiger partial charge on any atom is 0.134 e. The lowest BCUT2D eigenvalue weighted by Crippen LogP contribution is -2.43. The van der Waals surface area contributed by atoms with Crippen LogP contribution in [0.2, 0.25) is 5.15 Å². The van der Waals surface area contributed by atoms with Gasteiger partial charge in [-0.05, 0) is 41.3 Å². The van der Waals surface area contributed by atoms with E-state index in [1.807, 2.05) is 6.07 Å². The van der Waals surface area contributed by atoms with Crippen molar-refractivity contribution in [1.82, 2.24) is 4.98 Å². The third-order valence-corrected chi connectivity index (χ3v) is 3.32. The Balaban J connectivity index is 2.43. The van der Waals surface area contributed by atoms with Crippen LogP contribution in [0.4, 0.5) is 0 Å². The molecule has 0 bridgehead atoms. The maximum absolute atomic E-state index is 6.15. The highest BCUT2D eigenvalue weighted by Gasteiger charge is 2.36. The molecule has 0 radical (unpaired) electrons. The molecule has 70 valence electrons. The molecule has 2 nitrogen and oxygen atoms in total. The smallest absolute Gasteiger partial charge is 0.134 e. The zero-order valence-electron chi connectivity index (χ0n) is 7.06. The standard InChI is InChI=1S/C9H10BrClN2/c10-6-4-7(8(11)13-5-6)9(12)2-1-3-9/h4-5H,1-3,12H2. The minimum absolute atomic E-state index is 0.228. The van der Waals surface area contributed by atoms with E-state index in [0.29, 0.717) is 5.15 Å². The van der Waals surface area contributed by atoms with Crippen molar-refractivity contribution in [3.8, 4) is 0 Å². The number of aromatic nitrogens is 1. The summed E-state index contributed by atoms with van der Waals surface area (Å²) in [5.41, 5.74) is 6.89. The van der Waals surface area contributed by atoms with Gasteiger partial charge in [-0.25, -0.2) is 4.98 Å². The van der Waals surface area contributed by atoms with Crippen molar-refractivity contribution in [2.24, 2.45) is 5.73 Å². The van der Waals surface area contributed by atoms with Gasteiger partial charge in [-0.2, -0.15) is 0 Å². The molecule has 4 heteroatoms. The first-order valence-corrected chi connectivity index (χ1v) is 5.39. The summed E-state index contributed by atoms with van der Waals surface area (Å²) < 4.78 is 0.934. The number of hydrogen-bond donors (Lipinski definition) is 1. The van der Waals surface area contributed by atoms with E-state index in [2.05, 4.69) is 20.9 Å². The van der Waals surface area contributed by atoms with Gasteiger partial charge in [0.05, 0.1) is 0 Å². The third kappa shape index (κ3) is 1.60. The van der Waals surface area contributed by atoms with Crippen LogP contribution in [0.5, 0.6) is 0 Å². The predicted octanol–water partition coefficient (Wildman–Crippen LogP) is 2.84. The Bertz CT molecular complexity index is 336. The van der Waals surface area contributed by atoms with Gasteiger partial charge >= 0.3 is 0 Å². The van der Waals surface area contributed by atoms with Gasteiger partial charge in [0, 0.05) is 21.8 Å². The number of hydrogen-bond acceptors (Lipinski definition) is 2. The second-order valence-corrected chi connectivity index (χ2v) is 4.78. The molecule has 1 aliphatic carbocycles. The fourth-order valence-electron chi connectivity index (χ4n) is 1.60. The summed E-state index contributed by atoms with van der Waals surface area (Å²) in [6, 6.07) is 1.97. The van der Waals surface area contributed by atoms with Crippen molar-refractivity contribution in [3.63, 3.8) is 0 Å². The van der Waals surface area contributed by atoms with E-state index < -0.39 is 0 Å². The summed E-state index contributed by atoms with van der Waals surface area (Å²) in [5.74, 6) is 0. The summed E-state index contributed by atoms with van der Waals surface area (Å²) in [7, 11) is 0. The van der Waals surface area contributed by atoms with Crippen LogP contribution >= 0.6 is 27.5 Å². The highest BCUT2D eigenvalue weighted by atomic mass is 79.9. The number of halogens is 2. The first-order chi connectivity index (χ1) is 6.12. The van der Waals surface area contributed by atoms with Crippen molar-refractivity contribution in [2.75, 3.05) is 0 Å². The minimum atomic E-state index is -0.228. The predicted molar refractivity (Wildman–Crippen MR) is 56.7 cm³/mol. The van der Waals surface area contributed by atoms with Gasteiger partial charge in [0.25, 0.3) is 0 Å². The molecule has 2 rings (SSSR count). The SMILES string of the molecule is NC1(c2cc(Br)cnc2Cl)CCC1. The van der Waals surface area contributed by atoms with Crippen LogP contribution < -0.4 is 5.73 Å². The van der Waals surface area contributed by atoms with Crippen LogP contribution in [0.25, 0.3) is 0 Å². The minimum Gasteiger partial charge on any atom is -0.321 e. The summed E-state index contributed by atoms with van der Waals surface area (Å²) in [6.45, 7) is 0. The van der Waals surface area contributed by atoms with Crippen LogP contribution in [0.1, 0.15) is 24.8 Å². The van der Waals surface area contributed by atoms with Gasteiger partial charge in [-0.15, -0.1) is 0 Å². The summed E-state index contributed by atoms with van der Waals surface area (Å²) >= 11 is 9.35. The molecule has 0 aliphatic heterocycles. The molecule has 0 spiro atoms. The Hall–Kier alpha value is -0.120. The molecular formula is C9H10BrClN2. The summed E-state index contributed by atoms with van der Waals surface area (Å²) in [6.07, 6.45) is 4.88. The van der Waals surface area contributed by atoms with Gasteiger partial charge in [0.15, 0.2) is 0 Å². The molecule has 1 fully saturated rings. The van der Waals surface area contributed by atoms with E-state index in [1.54, 1.807) is 6.20 Å². The van der Waals surface area contributed by atoms with E-state index in [-0.39, 0.29) is 5.54 Å². The quantitative estimate of drug-likeness (QED) is 0.790. The lowest BCUT2D eigenvalue weighted by atomic mass is 9.73. The molecule has 1 aliphatic rings. The average Bonchev–Trinajstić information content (AvgIpc) is 2.05. The molecule has 1 aromatic heterocycles. The molecule has 1 aromatic rings. The first-order valence-electron chi connectivity index (χ1n) is 4.22. The largest absolute Gasteiger partial charge is 0.321 e. The Morgan fingerprint density at radius 3 is 2.77 bits per heavy atom. The van der Waals surface area contributed by atoms with Crippen LogP contribution in [0, 0.1) is 0 Å². The molecule has 0 atom stereocenters. The summed E-state index contributed by atoms with van der Waals surface area (Å²) in [4.78, 5) is 4.07. The van der Waals surface area contributed by atoms with E-state index in [4.69, 9.17) is 17.3 Å². The second kappa shape index (κ2) is 3.23. The number of rotatable bonds is 1. The zero-order valence-corrected chi connectivity index (χ0v) is 9.40. The van der Waals surface area contributed by atoms with Crippen LogP contribution in [-0.2, 0) is 5.54 Å². The Kier molecular flexibility index (Phi) is 2.34. The monoisotopic (exact) mass is 260 g/mol. The molecule has 0 unspecified atom stereocenters. The van der Waals surface area contributed by atoms with Crippen molar-refractivity contribution in [3.05, 3.63) is 27.5 Å². The zero-order chi connectivity index (χ0) is 9.47. The molecule has 0 amide bonds. The van der Waals surface area contributed by atoms with Crippen LogP contribution in [0.15, 0.2) is 16.7 Å². The van der Waals surface area contributed by atoms with Crippen LogP contribution in [-0.4, -0.2) is 4.98 Å².